The van der Waals surface area contributed by atoms with Crippen molar-refractivity contribution in [3.05, 3.63) is 30.4 Å². The first-order valence-electron chi connectivity index (χ1n) is 6.42. The molecule has 1 saturated carbocycles. The maximum atomic E-state index is 4.30. The smallest absolute Gasteiger partial charge is 0.159 e. The molecule has 0 unspecified atom stereocenters. The molecule has 0 atom stereocenters. The lowest BCUT2D eigenvalue weighted by molar-refractivity contribution is 0.664. The van der Waals surface area contributed by atoms with Gasteiger partial charge in [0.1, 0.15) is 6.33 Å². The Hall–Kier alpha value is -1.75. The average molecular weight is 243 g/mol. The van der Waals surface area contributed by atoms with Crippen LogP contribution in [0.5, 0.6) is 0 Å². The third kappa shape index (κ3) is 2.41. The molecule has 3 rings (SSSR count). The van der Waals surface area contributed by atoms with Crippen LogP contribution >= 0.6 is 0 Å². The van der Waals surface area contributed by atoms with Crippen LogP contribution in [0.1, 0.15) is 25.3 Å². The molecule has 5 nitrogen and oxygen atoms in total. The van der Waals surface area contributed by atoms with Gasteiger partial charge in [0.2, 0.25) is 0 Å². The van der Waals surface area contributed by atoms with Gasteiger partial charge in [-0.2, -0.15) is 5.10 Å². The lowest BCUT2D eigenvalue weighted by atomic mass is 10.2. The second kappa shape index (κ2) is 4.86. The summed E-state index contributed by atoms with van der Waals surface area (Å²) in [6.45, 7) is 3.76. The normalized spacial score (nSPS) is 14.9. The Kier molecular flexibility index (Phi) is 3.06. The molecule has 0 aliphatic heterocycles. The first-order chi connectivity index (χ1) is 8.86. The highest BCUT2D eigenvalue weighted by Gasteiger charge is 2.20. The monoisotopic (exact) mass is 243 g/mol. The summed E-state index contributed by atoms with van der Waals surface area (Å²) in [7, 11) is 0. The van der Waals surface area contributed by atoms with Crippen LogP contribution < -0.4 is 5.32 Å². The van der Waals surface area contributed by atoms with Gasteiger partial charge in [-0.1, -0.05) is 0 Å². The molecule has 94 valence electrons. The van der Waals surface area contributed by atoms with Gasteiger partial charge >= 0.3 is 0 Å². The third-order valence-corrected chi connectivity index (χ3v) is 3.14. The van der Waals surface area contributed by atoms with Gasteiger partial charge in [-0.3, -0.25) is 4.98 Å². The molecule has 0 bridgehead atoms. The van der Waals surface area contributed by atoms with Crippen LogP contribution in [0.4, 0.5) is 0 Å². The molecule has 1 aliphatic carbocycles. The van der Waals surface area contributed by atoms with Crippen LogP contribution in [0.2, 0.25) is 0 Å². The molecular formula is C13H17N5. The molecule has 0 spiro atoms. The van der Waals surface area contributed by atoms with E-state index in [0.717, 1.165) is 24.5 Å². The minimum absolute atomic E-state index is 0.716. The van der Waals surface area contributed by atoms with Gasteiger partial charge in [-0.25, -0.2) is 9.67 Å². The number of hydrogen-bond acceptors (Lipinski definition) is 4. The predicted molar refractivity (Wildman–Crippen MR) is 68.8 cm³/mol. The molecule has 18 heavy (non-hydrogen) atoms. The molecule has 1 aliphatic rings. The molecule has 5 heteroatoms. The highest BCUT2D eigenvalue weighted by atomic mass is 15.3. The number of pyridine rings is 1. The van der Waals surface area contributed by atoms with Gasteiger partial charge in [0.05, 0.1) is 0 Å². The van der Waals surface area contributed by atoms with Crippen LogP contribution in [0.25, 0.3) is 11.4 Å². The summed E-state index contributed by atoms with van der Waals surface area (Å²) in [5, 5.41) is 7.68. The molecule has 2 aromatic rings. The summed E-state index contributed by atoms with van der Waals surface area (Å²) in [6, 6.07) is 2.85. The van der Waals surface area contributed by atoms with E-state index in [1.165, 1.54) is 18.4 Å². The van der Waals surface area contributed by atoms with Crippen molar-refractivity contribution in [3.8, 4) is 11.4 Å². The number of nitrogens with zero attached hydrogens (tertiary/aromatic N) is 4. The Balaban J connectivity index is 1.80. The van der Waals surface area contributed by atoms with E-state index in [1.807, 2.05) is 17.1 Å². The van der Waals surface area contributed by atoms with E-state index in [-0.39, 0.29) is 0 Å². The van der Waals surface area contributed by atoms with Gasteiger partial charge in [0, 0.05) is 37.1 Å². The quantitative estimate of drug-likeness (QED) is 0.867. The molecule has 0 amide bonds. The molecule has 0 radical (unpaired) electrons. The van der Waals surface area contributed by atoms with Gasteiger partial charge in [0.25, 0.3) is 0 Å². The maximum Gasteiger partial charge on any atom is 0.159 e. The summed E-state index contributed by atoms with van der Waals surface area (Å²) >= 11 is 0. The van der Waals surface area contributed by atoms with Crippen LogP contribution in [0.3, 0.4) is 0 Å². The lowest BCUT2D eigenvalue weighted by Crippen LogP contribution is -2.15. The van der Waals surface area contributed by atoms with E-state index in [9.17, 15) is 0 Å². The largest absolute Gasteiger partial charge is 0.310 e. The maximum absolute atomic E-state index is 4.30. The standard InChI is InChI=1S/C13H17N5/c1-2-18-13(16-9-17-18)11-5-10(6-14-8-11)7-15-12-3-4-12/h5-6,8-9,12,15H,2-4,7H2,1H3. The second-order valence-corrected chi connectivity index (χ2v) is 4.64. The van der Waals surface area contributed by atoms with E-state index < -0.39 is 0 Å². The van der Waals surface area contributed by atoms with Gasteiger partial charge in [0.15, 0.2) is 5.82 Å². The summed E-state index contributed by atoms with van der Waals surface area (Å²) in [5.74, 6) is 0.887. The zero-order valence-electron chi connectivity index (χ0n) is 10.5. The Morgan fingerprint density at radius 3 is 3.06 bits per heavy atom. The highest BCUT2D eigenvalue weighted by molar-refractivity contribution is 5.54. The fourth-order valence-electron chi connectivity index (χ4n) is 1.98. The predicted octanol–water partition coefficient (Wildman–Crippen LogP) is 1.61. The van der Waals surface area contributed by atoms with Crippen LogP contribution in [0, 0.1) is 0 Å². The van der Waals surface area contributed by atoms with Crippen molar-refractivity contribution in [2.24, 2.45) is 0 Å². The van der Waals surface area contributed by atoms with Gasteiger partial charge in [-0.05, 0) is 31.4 Å². The van der Waals surface area contributed by atoms with E-state index in [1.54, 1.807) is 6.33 Å². The fraction of sp³-hybridized carbons (Fsp3) is 0.462. The Bertz CT molecular complexity index is 530. The number of aromatic nitrogens is 4. The fourth-order valence-corrected chi connectivity index (χ4v) is 1.98. The van der Waals surface area contributed by atoms with E-state index in [2.05, 4.69) is 33.4 Å². The first-order valence-corrected chi connectivity index (χ1v) is 6.42. The number of hydrogen-bond donors (Lipinski definition) is 1. The second-order valence-electron chi connectivity index (χ2n) is 4.64. The topological polar surface area (TPSA) is 55.6 Å². The molecule has 2 aromatic heterocycles. The third-order valence-electron chi connectivity index (χ3n) is 3.14. The van der Waals surface area contributed by atoms with Crippen molar-refractivity contribution < 1.29 is 0 Å². The SMILES string of the molecule is CCn1ncnc1-c1cncc(CNC2CC2)c1. The summed E-state index contributed by atoms with van der Waals surface area (Å²) in [6.07, 6.45) is 7.95. The van der Waals surface area contributed by atoms with Crippen molar-refractivity contribution in [2.45, 2.75) is 38.9 Å². The Morgan fingerprint density at radius 1 is 1.39 bits per heavy atom. The lowest BCUT2D eigenvalue weighted by Gasteiger charge is -2.06. The molecular weight excluding hydrogens is 226 g/mol. The average Bonchev–Trinajstić information content (AvgIpc) is 3.12. The zero-order valence-corrected chi connectivity index (χ0v) is 10.5. The summed E-state index contributed by atoms with van der Waals surface area (Å²) in [5.41, 5.74) is 2.23. The van der Waals surface area contributed by atoms with Crippen molar-refractivity contribution in [3.63, 3.8) is 0 Å². The summed E-state index contributed by atoms with van der Waals surface area (Å²) < 4.78 is 1.88. The van der Waals surface area contributed by atoms with Crippen molar-refractivity contribution in [1.82, 2.24) is 25.1 Å². The Morgan fingerprint density at radius 2 is 2.28 bits per heavy atom. The molecule has 2 heterocycles. The molecule has 1 fully saturated rings. The Labute approximate surface area is 106 Å². The highest BCUT2D eigenvalue weighted by Crippen LogP contribution is 2.20. The molecule has 1 N–H and O–H groups in total. The number of nitrogens with one attached hydrogen (secondary N) is 1. The number of rotatable bonds is 5. The minimum atomic E-state index is 0.716. The van der Waals surface area contributed by atoms with Gasteiger partial charge in [-0.15, -0.1) is 0 Å². The zero-order chi connectivity index (χ0) is 12.4. The van der Waals surface area contributed by atoms with Gasteiger partial charge < -0.3 is 5.32 Å². The molecule has 0 saturated heterocycles. The van der Waals surface area contributed by atoms with Crippen LogP contribution in [-0.2, 0) is 13.1 Å². The van der Waals surface area contributed by atoms with Crippen molar-refractivity contribution in [2.75, 3.05) is 0 Å². The van der Waals surface area contributed by atoms with E-state index in [0.29, 0.717) is 6.04 Å². The first kappa shape index (κ1) is 11.3. The minimum Gasteiger partial charge on any atom is -0.310 e. The molecule has 0 aromatic carbocycles. The van der Waals surface area contributed by atoms with Crippen LogP contribution in [-0.4, -0.2) is 25.8 Å². The van der Waals surface area contributed by atoms with Crippen molar-refractivity contribution in [1.29, 1.82) is 0 Å². The van der Waals surface area contributed by atoms with Crippen LogP contribution in [0.15, 0.2) is 24.8 Å². The van der Waals surface area contributed by atoms with E-state index >= 15 is 0 Å². The van der Waals surface area contributed by atoms with Crippen molar-refractivity contribution >= 4 is 0 Å². The summed E-state index contributed by atoms with van der Waals surface area (Å²) in [4.78, 5) is 8.59. The number of aryl methyl sites for hydroxylation is 1. The van der Waals surface area contributed by atoms with E-state index in [4.69, 9.17) is 0 Å².